The number of rotatable bonds is 6. The summed E-state index contributed by atoms with van der Waals surface area (Å²) >= 11 is 18.2. The molecule has 0 saturated carbocycles. The molecule has 0 aliphatic heterocycles. The Hall–Kier alpha value is -2.01. The second-order valence-corrected chi connectivity index (χ2v) is 7.33. The van der Waals surface area contributed by atoms with E-state index in [-0.39, 0.29) is 12.3 Å². The highest BCUT2D eigenvalue weighted by atomic mass is 35.5. The molecule has 140 valence electrons. The van der Waals surface area contributed by atoms with E-state index in [9.17, 15) is 4.79 Å². The minimum Gasteiger partial charge on any atom is -0.441 e. The van der Waals surface area contributed by atoms with Crippen LogP contribution >= 0.6 is 34.8 Å². The van der Waals surface area contributed by atoms with E-state index in [1.165, 1.54) is 0 Å². The average Bonchev–Trinajstić information content (AvgIpc) is 3.10. The highest BCUT2D eigenvalue weighted by molar-refractivity contribution is 6.36. The molecule has 0 aliphatic rings. The van der Waals surface area contributed by atoms with Crippen LogP contribution in [0.3, 0.4) is 0 Å². The third-order valence-corrected chi connectivity index (χ3v) is 5.01. The normalized spacial score (nSPS) is 10.8. The van der Waals surface area contributed by atoms with Gasteiger partial charge >= 0.3 is 0 Å². The van der Waals surface area contributed by atoms with Crippen LogP contribution in [0.1, 0.15) is 17.9 Å². The molecule has 27 heavy (non-hydrogen) atoms. The van der Waals surface area contributed by atoms with E-state index in [1.54, 1.807) is 36.3 Å². The average molecular weight is 424 g/mol. The fraction of sp³-hybridized carbons (Fsp3) is 0.200. The number of benzene rings is 2. The Morgan fingerprint density at radius 3 is 2.63 bits per heavy atom. The minimum absolute atomic E-state index is 0.0146. The van der Waals surface area contributed by atoms with Crippen molar-refractivity contribution in [1.29, 1.82) is 0 Å². The Morgan fingerprint density at radius 1 is 1.11 bits per heavy atom. The van der Waals surface area contributed by atoms with Crippen LogP contribution in [0.4, 0.5) is 0 Å². The number of nitrogens with zero attached hydrogens (tertiary/aromatic N) is 2. The van der Waals surface area contributed by atoms with Gasteiger partial charge in [0, 0.05) is 42.0 Å². The summed E-state index contributed by atoms with van der Waals surface area (Å²) in [6, 6.07) is 12.6. The third-order valence-electron chi connectivity index (χ3n) is 4.09. The number of halogens is 3. The van der Waals surface area contributed by atoms with Gasteiger partial charge in [-0.05, 0) is 29.8 Å². The standard InChI is InChI=1S/C20H17Cl3N2O2/c1-25(12-13-4-2-3-5-16(13)22)20(26)9-8-19-24-11-18(27-19)15-7-6-14(21)10-17(15)23/h2-7,10-11H,8-9,12H2,1H3. The molecule has 0 radical (unpaired) electrons. The lowest BCUT2D eigenvalue weighted by Gasteiger charge is -2.17. The van der Waals surface area contributed by atoms with Gasteiger partial charge < -0.3 is 9.32 Å². The Kier molecular flexibility index (Phi) is 6.42. The van der Waals surface area contributed by atoms with Crippen molar-refractivity contribution in [3.05, 3.63) is 75.2 Å². The molecule has 1 amide bonds. The van der Waals surface area contributed by atoms with Crippen molar-refractivity contribution in [1.82, 2.24) is 9.88 Å². The molecule has 0 aliphatic carbocycles. The zero-order valence-corrected chi connectivity index (χ0v) is 16.9. The number of oxazole rings is 1. The van der Waals surface area contributed by atoms with E-state index in [4.69, 9.17) is 39.2 Å². The summed E-state index contributed by atoms with van der Waals surface area (Å²) in [6.45, 7) is 0.454. The summed E-state index contributed by atoms with van der Waals surface area (Å²) in [5.41, 5.74) is 1.62. The van der Waals surface area contributed by atoms with Crippen LogP contribution in [0.15, 0.2) is 53.1 Å². The molecule has 1 aromatic heterocycles. The van der Waals surface area contributed by atoms with Crippen molar-refractivity contribution in [3.63, 3.8) is 0 Å². The Bertz CT molecular complexity index is 956. The van der Waals surface area contributed by atoms with Crippen molar-refractivity contribution < 1.29 is 9.21 Å². The number of carbonyl (C=O) groups is 1. The van der Waals surface area contributed by atoms with Gasteiger partial charge in [0.1, 0.15) is 0 Å². The first kappa shape index (κ1) is 19.7. The van der Waals surface area contributed by atoms with E-state index in [0.717, 1.165) is 5.56 Å². The maximum Gasteiger partial charge on any atom is 0.223 e. The number of amides is 1. The summed E-state index contributed by atoms with van der Waals surface area (Å²) in [4.78, 5) is 18.3. The predicted octanol–water partition coefficient (Wildman–Crippen LogP) is 5.89. The zero-order valence-electron chi connectivity index (χ0n) is 14.6. The number of hydrogen-bond acceptors (Lipinski definition) is 3. The van der Waals surface area contributed by atoms with Crippen LogP contribution in [0.5, 0.6) is 0 Å². The van der Waals surface area contributed by atoms with Gasteiger partial charge in [0.2, 0.25) is 5.91 Å². The zero-order chi connectivity index (χ0) is 19.4. The molecule has 0 N–H and O–H groups in total. The summed E-state index contributed by atoms with van der Waals surface area (Å²) in [5, 5.41) is 1.69. The van der Waals surface area contributed by atoms with Gasteiger partial charge in [-0.15, -0.1) is 0 Å². The number of aromatic nitrogens is 1. The highest BCUT2D eigenvalue weighted by Crippen LogP contribution is 2.30. The highest BCUT2D eigenvalue weighted by Gasteiger charge is 2.14. The van der Waals surface area contributed by atoms with E-state index in [1.807, 2.05) is 24.3 Å². The lowest BCUT2D eigenvalue weighted by atomic mass is 10.2. The first-order valence-corrected chi connectivity index (χ1v) is 9.45. The first-order valence-electron chi connectivity index (χ1n) is 8.31. The second-order valence-electron chi connectivity index (χ2n) is 6.08. The van der Waals surface area contributed by atoms with Gasteiger partial charge in [-0.1, -0.05) is 53.0 Å². The number of aryl methyl sites for hydroxylation is 1. The monoisotopic (exact) mass is 422 g/mol. The van der Waals surface area contributed by atoms with E-state index >= 15 is 0 Å². The summed E-state index contributed by atoms with van der Waals surface area (Å²) < 4.78 is 5.73. The molecular weight excluding hydrogens is 407 g/mol. The maximum absolute atomic E-state index is 12.4. The summed E-state index contributed by atoms with van der Waals surface area (Å²) in [5.74, 6) is 1.01. The van der Waals surface area contributed by atoms with E-state index < -0.39 is 0 Å². The topological polar surface area (TPSA) is 46.3 Å². The SMILES string of the molecule is CN(Cc1ccccc1Cl)C(=O)CCc1ncc(-c2ccc(Cl)cc2Cl)o1. The van der Waals surface area contributed by atoms with Crippen molar-refractivity contribution in [2.24, 2.45) is 0 Å². The first-order chi connectivity index (χ1) is 12.9. The molecule has 0 atom stereocenters. The molecule has 0 fully saturated rings. The van der Waals surface area contributed by atoms with Crippen LogP contribution in [0.25, 0.3) is 11.3 Å². The van der Waals surface area contributed by atoms with Crippen LogP contribution < -0.4 is 0 Å². The largest absolute Gasteiger partial charge is 0.441 e. The second kappa shape index (κ2) is 8.79. The quantitative estimate of drug-likeness (QED) is 0.496. The summed E-state index contributed by atoms with van der Waals surface area (Å²) in [6.07, 6.45) is 2.29. The Balaban J connectivity index is 1.59. The molecule has 7 heteroatoms. The molecule has 2 aromatic carbocycles. The molecule has 4 nitrogen and oxygen atoms in total. The lowest BCUT2D eigenvalue weighted by Crippen LogP contribution is -2.26. The Morgan fingerprint density at radius 2 is 1.89 bits per heavy atom. The van der Waals surface area contributed by atoms with Gasteiger partial charge in [-0.2, -0.15) is 0 Å². The van der Waals surface area contributed by atoms with Crippen LogP contribution in [0, 0.1) is 0 Å². The van der Waals surface area contributed by atoms with Crippen molar-refractivity contribution in [2.75, 3.05) is 7.05 Å². The smallest absolute Gasteiger partial charge is 0.223 e. The molecule has 1 heterocycles. The van der Waals surface area contributed by atoms with Crippen molar-refractivity contribution in [2.45, 2.75) is 19.4 Å². The van der Waals surface area contributed by atoms with E-state index in [2.05, 4.69) is 4.98 Å². The van der Waals surface area contributed by atoms with Gasteiger partial charge in [-0.3, -0.25) is 4.79 Å². The fourth-order valence-corrected chi connectivity index (χ4v) is 3.31. The minimum atomic E-state index is -0.0146. The molecule has 3 aromatic rings. The van der Waals surface area contributed by atoms with E-state index in [0.29, 0.717) is 45.2 Å². The predicted molar refractivity (Wildman–Crippen MR) is 108 cm³/mol. The fourth-order valence-electron chi connectivity index (χ4n) is 2.61. The van der Waals surface area contributed by atoms with Crippen molar-refractivity contribution in [3.8, 4) is 11.3 Å². The molecule has 0 bridgehead atoms. The van der Waals surface area contributed by atoms with Crippen LogP contribution in [-0.4, -0.2) is 22.8 Å². The van der Waals surface area contributed by atoms with Gasteiger partial charge in [-0.25, -0.2) is 4.98 Å². The lowest BCUT2D eigenvalue weighted by molar-refractivity contribution is -0.130. The maximum atomic E-state index is 12.4. The van der Waals surface area contributed by atoms with Crippen molar-refractivity contribution >= 4 is 40.7 Å². The molecular formula is C20H17Cl3N2O2. The molecule has 0 saturated heterocycles. The van der Waals surface area contributed by atoms with Gasteiger partial charge in [0.15, 0.2) is 11.7 Å². The Labute approximate surface area is 172 Å². The van der Waals surface area contributed by atoms with Gasteiger partial charge in [0.25, 0.3) is 0 Å². The third kappa shape index (κ3) is 5.04. The number of carbonyl (C=O) groups excluding carboxylic acids is 1. The molecule has 0 unspecified atom stereocenters. The molecule has 3 rings (SSSR count). The summed E-state index contributed by atoms with van der Waals surface area (Å²) in [7, 11) is 1.75. The van der Waals surface area contributed by atoms with Crippen LogP contribution in [0.2, 0.25) is 15.1 Å². The van der Waals surface area contributed by atoms with Crippen LogP contribution in [-0.2, 0) is 17.8 Å². The molecule has 0 spiro atoms. The van der Waals surface area contributed by atoms with Gasteiger partial charge in [0.05, 0.1) is 11.2 Å². The number of hydrogen-bond donors (Lipinski definition) is 0.